The molecule has 0 aliphatic heterocycles. The van der Waals surface area contributed by atoms with E-state index in [-0.39, 0.29) is 17.9 Å². The standard InChI is InChI=1S/C21H16N4O3S/c26-18(11-19-22-8-9-29-19)24-17-7-6-15-14(12-23-20(15)25-17)10-16(21(27)28)13-4-2-1-3-5-13/h1-10,12H,11H2,(H,27,28)(H2,23,24,25,26). The summed E-state index contributed by atoms with van der Waals surface area (Å²) in [6, 6.07) is 12.4. The minimum atomic E-state index is -1.01. The summed E-state index contributed by atoms with van der Waals surface area (Å²) in [5.41, 5.74) is 2.07. The number of pyridine rings is 1. The van der Waals surface area contributed by atoms with Crippen LogP contribution in [0.25, 0.3) is 22.7 Å². The van der Waals surface area contributed by atoms with Crippen LogP contribution in [0.4, 0.5) is 5.82 Å². The second-order valence-corrected chi connectivity index (χ2v) is 7.20. The Morgan fingerprint density at radius 2 is 2.00 bits per heavy atom. The van der Waals surface area contributed by atoms with Crippen LogP contribution in [0.15, 0.2) is 60.2 Å². The number of H-pyrrole nitrogens is 1. The van der Waals surface area contributed by atoms with Gasteiger partial charge in [0.05, 0.1) is 12.0 Å². The first-order valence-electron chi connectivity index (χ1n) is 8.77. The maximum atomic E-state index is 12.1. The molecule has 144 valence electrons. The van der Waals surface area contributed by atoms with E-state index < -0.39 is 5.97 Å². The average Bonchev–Trinajstić information content (AvgIpc) is 3.36. The number of rotatable bonds is 6. The number of nitrogens with zero attached hydrogens (tertiary/aromatic N) is 2. The van der Waals surface area contributed by atoms with Crippen molar-refractivity contribution in [3.63, 3.8) is 0 Å². The van der Waals surface area contributed by atoms with Crippen molar-refractivity contribution in [2.24, 2.45) is 0 Å². The Hall–Kier alpha value is -3.78. The minimum absolute atomic E-state index is 0.187. The molecule has 0 aliphatic carbocycles. The van der Waals surface area contributed by atoms with Gasteiger partial charge in [0.2, 0.25) is 5.91 Å². The largest absolute Gasteiger partial charge is 0.478 e. The molecule has 1 amide bonds. The van der Waals surface area contributed by atoms with Crippen LogP contribution in [-0.2, 0) is 16.0 Å². The van der Waals surface area contributed by atoms with Crippen LogP contribution < -0.4 is 5.32 Å². The first-order valence-corrected chi connectivity index (χ1v) is 9.65. The summed E-state index contributed by atoms with van der Waals surface area (Å²) in [7, 11) is 0. The molecular weight excluding hydrogens is 388 g/mol. The molecule has 1 aromatic carbocycles. The van der Waals surface area contributed by atoms with Crippen molar-refractivity contribution in [1.29, 1.82) is 0 Å². The van der Waals surface area contributed by atoms with Crippen LogP contribution in [0.3, 0.4) is 0 Å². The molecule has 3 N–H and O–H groups in total. The highest BCUT2D eigenvalue weighted by atomic mass is 32.1. The molecule has 3 aromatic heterocycles. The Balaban J connectivity index is 1.59. The summed E-state index contributed by atoms with van der Waals surface area (Å²) >= 11 is 1.42. The summed E-state index contributed by atoms with van der Waals surface area (Å²) in [6.45, 7) is 0. The fourth-order valence-electron chi connectivity index (χ4n) is 2.92. The first kappa shape index (κ1) is 18.6. The number of benzene rings is 1. The molecule has 0 aliphatic rings. The molecule has 29 heavy (non-hydrogen) atoms. The van der Waals surface area contributed by atoms with Gasteiger partial charge in [-0.3, -0.25) is 4.79 Å². The number of aromatic nitrogens is 3. The number of carbonyl (C=O) groups excluding carboxylic acids is 1. The third-order valence-corrected chi connectivity index (χ3v) is 5.03. The zero-order valence-electron chi connectivity index (χ0n) is 15.1. The van der Waals surface area contributed by atoms with Crippen molar-refractivity contribution < 1.29 is 14.7 Å². The Kier molecular flexibility index (Phi) is 5.17. The molecule has 0 unspecified atom stereocenters. The predicted octanol–water partition coefficient (Wildman–Crippen LogP) is 3.83. The number of carboxylic acid groups (broad SMARTS) is 1. The maximum absolute atomic E-state index is 12.1. The van der Waals surface area contributed by atoms with Crippen LogP contribution in [0.2, 0.25) is 0 Å². The lowest BCUT2D eigenvalue weighted by atomic mass is 10.0. The second kappa shape index (κ2) is 8.07. The number of nitrogens with one attached hydrogen (secondary N) is 2. The topological polar surface area (TPSA) is 108 Å². The number of carbonyl (C=O) groups is 2. The lowest BCUT2D eigenvalue weighted by Gasteiger charge is -2.04. The number of anilines is 1. The van der Waals surface area contributed by atoms with E-state index in [0.29, 0.717) is 22.6 Å². The predicted molar refractivity (Wildman–Crippen MR) is 112 cm³/mol. The molecule has 0 saturated carbocycles. The van der Waals surface area contributed by atoms with Crippen molar-refractivity contribution in [3.05, 3.63) is 76.4 Å². The molecule has 0 fully saturated rings. The number of carboxylic acids is 1. The van der Waals surface area contributed by atoms with Gasteiger partial charge >= 0.3 is 5.97 Å². The number of thiazole rings is 1. The van der Waals surface area contributed by atoms with Gasteiger partial charge in [-0.05, 0) is 23.8 Å². The van der Waals surface area contributed by atoms with E-state index in [1.54, 1.807) is 54.9 Å². The van der Waals surface area contributed by atoms with E-state index in [1.165, 1.54) is 11.3 Å². The Bertz CT molecular complexity index is 1200. The van der Waals surface area contributed by atoms with E-state index >= 15 is 0 Å². The van der Waals surface area contributed by atoms with Gasteiger partial charge in [0, 0.05) is 28.7 Å². The number of fused-ring (bicyclic) bond motifs is 1. The van der Waals surface area contributed by atoms with Gasteiger partial charge in [0.1, 0.15) is 16.5 Å². The van der Waals surface area contributed by atoms with E-state index in [0.717, 1.165) is 10.4 Å². The number of hydrogen-bond acceptors (Lipinski definition) is 5. The highest BCUT2D eigenvalue weighted by molar-refractivity contribution is 7.09. The van der Waals surface area contributed by atoms with Crippen LogP contribution in [0.1, 0.15) is 16.1 Å². The summed E-state index contributed by atoms with van der Waals surface area (Å²) in [5, 5.41) is 15.7. The summed E-state index contributed by atoms with van der Waals surface area (Å²) in [5.74, 6) is -0.793. The van der Waals surface area contributed by atoms with Crippen LogP contribution in [0, 0.1) is 0 Å². The molecular formula is C21H16N4O3S. The molecule has 8 heteroatoms. The zero-order chi connectivity index (χ0) is 20.2. The highest BCUT2D eigenvalue weighted by Gasteiger charge is 2.13. The lowest BCUT2D eigenvalue weighted by Crippen LogP contribution is -2.15. The van der Waals surface area contributed by atoms with Crippen molar-refractivity contribution in [2.75, 3.05) is 5.32 Å². The Morgan fingerprint density at radius 1 is 1.17 bits per heavy atom. The van der Waals surface area contributed by atoms with E-state index in [2.05, 4.69) is 20.3 Å². The molecule has 3 heterocycles. The Labute approximate surface area is 169 Å². The maximum Gasteiger partial charge on any atom is 0.336 e. The van der Waals surface area contributed by atoms with Crippen molar-refractivity contribution >= 4 is 51.7 Å². The highest BCUT2D eigenvalue weighted by Crippen LogP contribution is 2.25. The van der Waals surface area contributed by atoms with Gasteiger partial charge in [-0.25, -0.2) is 14.8 Å². The molecule has 4 aromatic rings. The summed E-state index contributed by atoms with van der Waals surface area (Å²) in [4.78, 5) is 35.4. The van der Waals surface area contributed by atoms with Gasteiger partial charge in [-0.15, -0.1) is 11.3 Å². The molecule has 0 bridgehead atoms. The smallest absolute Gasteiger partial charge is 0.336 e. The van der Waals surface area contributed by atoms with Crippen molar-refractivity contribution in [1.82, 2.24) is 15.0 Å². The molecule has 0 saturated heterocycles. The van der Waals surface area contributed by atoms with Crippen LogP contribution in [0.5, 0.6) is 0 Å². The third-order valence-electron chi connectivity index (χ3n) is 4.25. The lowest BCUT2D eigenvalue weighted by molar-refractivity contribution is -0.130. The number of aliphatic carboxylic acids is 1. The number of amides is 1. The second-order valence-electron chi connectivity index (χ2n) is 6.22. The fraction of sp³-hybridized carbons (Fsp3) is 0.0476. The van der Waals surface area contributed by atoms with Gasteiger partial charge in [-0.2, -0.15) is 0 Å². The molecule has 0 radical (unpaired) electrons. The fourth-order valence-corrected chi connectivity index (χ4v) is 3.54. The van der Waals surface area contributed by atoms with Gasteiger partial charge < -0.3 is 15.4 Å². The van der Waals surface area contributed by atoms with Crippen LogP contribution in [-0.4, -0.2) is 31.9 Å². The van der Waals surface area contributed by atoms with Crippen LogP contribution >= 0.6 is 11.3 Å². The molecule has 7 nitrogen and oxygen atoms in total. The Morgan fingerprint density at radius 3 is 2.72 bits per heavy atom. The third kappa shape index (κ3) is 4.22. The molecule has 0 atom stereocenters. The normalized spacial score (nSPS) is 11.5. The monoisotopic (exact) mass is 404 g/mol. The van der Waals surface area contributed by atoms with Gasteiger partial charge in [0.25, 0.3) is 0 Å². The number of aromatic amines is 1. The van der Waals surface area contributed by atoms with E-state index in [1.807, 2.05) is 11.4 Å². The number of hydrogen-bond donors (Lipinski definition) is 3. The van der Waals surface area contributed by atoms with Crippen molar-refractivity contribution in [2.45, 2.75) is 6.42 Å². The van der Waals surface area contributed by atoms with Gasteiger partial charge in [0.15, 0.2) is 0 Å². The molecule has 4 rings (SSSR count). The minimum Gasteiger partial charge on any atom is -0.478 e. The summed E-state index contributed by atoms with van der Waals surface area (Å²) < 4.78 is 0. The first-order chi connectivity index (χ1) is 14.1. The quantitative estimate of drug-likeness (QED) is 0.423. The SMILES string of the molecule is O=C(Cc1nccs1)Nc1ccc2c(C=C(C(=O)O)c3ccccc3)c[nH]c2n1. The summed E-state index contributed by atoms with van der Waals surface area (Å²) in [6.07, 6.45) is 5.16. The zero-order valence-corrected chi connectivity index (χ0v) is 15.9. The average molecular weight is 404 g/mol. The molecule has 0 spiro atoms. The van der Waals surface area contributed by atoms with E-state index in [9.17, 15) is 14.7 Å². The van der Waals surface area contributed by atoms with Crippen molar-refractivity contribution in [3.8, 4) is 0 Å². The van der Waals surface area contributed by atoms with Gasteiger partial charge in [-0.1, -0.05) is 30.3 Å². The van der Waals surface area contributed by atoms with E-state index in [4.69, 9.17) is 0 Å².